The van der Waals surface area contributed by atoms with E-state index in [0.29, 0.717) is 11.5 Å². The van der Waals surface area contributed by atoms with Crippen LogP contribution in [0.1, 0.15) is 37.3 Å². The lowest BCUT2D eigenvalue weighted by atomic mass is 9.95. The summed E-state index contributed by atoms with van der Waals surface area (Å²) in [6.45, 7) is 4.32. The number of hydrogen-bond acceptors (Lipinski definition) is 3. The Hall–Kier alpha value is -2.47. The maximum atomic E-state index is 9.07. The molecule has 0 fully saturated rings. The monoisotopic (exact) mass is 279 g/mol. The van der Waals surface area contributed by atoms with Crippen LogP contribution >= 0.6 is 0 Å². The van der Waals surface area contributed by atoms with E-state index in [1.165, 1.54) is 0 Å². The van der Waals surface area contributed by atoms with Crippen molar-refractivity contribution in [1.29, 1.82) is 5.26 Å². The van der Waals surface area contributed by atoms with Crippen LogP contribution in [0.25, 0.3) is 21.9 Å². The van der Waals surface area contributed by atoms with E-state index >= 15 is 0 Å². The molecule has 0 amide bonds. The fourth-order valence-electron chi connectivity index (χ4n) is 2.76. The number of ether oxygens (including phenoxy) is 1. The number of hydrogen-bond donors (Lipinski definition) is 0. The summed E-state index contributed by atoms with van der Waals surface area (Å²) in [5.74, 6) is 1.20. The first-order chi connectivity index (χ1) is 10.2. The van der Waals surface area contributed by atoms with Gasteiger partial charge in [-0.25, -0.2) is 0 Å². The minimum atomic E-state index is 0.347. The second kappa shape index (κ2) is 5.14. The third-order valence-corrected chi connectivity index (χ3v) is 4.09. The molecule has 0 saturated carbocycles. The summed E-state index contributed by atoms with van der Waals surface area (Å²) in [7, 11) is 1.68. The van der Waals surface area contributed by atoms with E-state index in [9.17, 15) is 0 Å². The van der Waals surface area contributed by atoms with Crippen LogP contribution < -0.4 is 4.74 Å². The van der Waals surface area contributed by atoms with Crippen molar-refractivity contribution < 1.29 is 9.15 Å². The highest BCUT2D eigenvalue weighted by Gasteiger charge is 2.19. The van der Waals surface area contributed by atoms with Gasteiger partial charge in [0.1, 0.15) is 16.9 Å². The third kappa shape index (κ3) is 2.04. The zero-order chi connectivity index (χ0) is 15.0. The molecule has 21 heavy (non-hydrogen) atoms. The van der Waals surface area contributed by atoms with Crippen LogP contribution in [0.4, 0.5) is 0 Å². The fraction of sp³-hybridized carbons (Fsp3) is 0.278. The molecule has 0 unspecified atom stereocenters. The Morgan fingerprint density at radius 3 is 2.71 bits per heavy atom. The van der Waals surface area contributed by atoms with E-state index in [2.05, 4.69) is 19.9 Å². The zero-order valence-corrected chi connectivity index (χ0v) is 12.4. The number of nitriles is 1. The second-order valence-electron chi connectivity index (χ2n) is 5.29. The molecule has 1 atom stereocenters. The van der Waals surface area contributed by atoms with Gasteiger partial charge < -0.3 is 9.15 Å². The third-order valence-electron chi connectivity index (χ3n) is 4.09. The van der Waals surface area contributed by atoms with Crippen molar-refractivity contribution >= 4 is 21.9 Å². The molecule has 0 bridgehead atoms. The summed E-state index contributed by atoms with van der Waals surface area (Å²) >= 11 is 0. The van der Waals surface area contributed by atoms with Gasteiger partial charge in [-0.1, -0.05) is 13.8 Å². The molecule has 106 valence electrons. The molecular weight excluding hydrogens is 262 g/mol. The SMILES string of the molecule is CC[C@@H](C)c1c(OC)ccc2c1oc1ccc(C#N)cc12. The van der Waals surface area contributed by atoms with E-state index in [-0.39, 0.29) is 0 Å². The van der Waals surface area contributed by atoms with Gasteiger partial charge in [0.2, 0.25) is 0 Å². The Balaban J connectivity index is 2.41. The normalized spacial score (nSPS) is 12.5. The van der Waals surface area contributed by atoms with Crippen molar-refractivity contribution in [3.05, 3.63) is 41.5 Å². The molecule has 0 aliphatic rings. The Kier molecular flexibility index (Phi) is 3.31. The summed E-state index contributed by atoms with van der Waals surface area (Å²) in [4.78, 5) is 0. The van der Waals surface area contributed by atoms with E-state index in [1.807, 2.05) is 24.3 Å². The Morgan fingerprint density at radius 1 is 1.24 bits per heavy atom. The highest BCUT2D eigenvalue weighted by molar-refractivity contribution is 6.07. The van der Waals surface area contributed by atoms with Crippen LogP contribution in [0.15, 0.2) is 34.7 Å². The number of furan rings is 1. The smallest absolute Gasteiger partial charge is 0.142 e. The molecule has 0 saturated heterocycles. The van der Waals surface area contributed by atoms with Crippen LogP contribution in [0.5, 0.6) is 5.75 Å². The lowest BCUT2D eigenvalue weighted by Crippen LogP contribution is -1.97. The van der Waals surface area contributed by atoms with Crippen molar-refractivity contribution in [2.75, 3.05) is 7.11 Å². The molecule has 0 aliphatic carbocycles. The molecule has 3 rings (SSSR count). The van der Waals surface area contributed by atoms with Crippen molar-refractivity contribution in [1.82, 2.24) is 0 Å². The highest BCUT2D eigenvalue weighted by atomic mass is 16.5. The minimum absolute atomic E-state index is 0.347. The maximum absolute atomic E-state index is 9.07. The lowest BCUT2D eigenvalue weighted by molar-refractivity contribution is 0.405. The standard InChI is InChI=1S/C18H17NO2/c1-4-11(2)17-16(20-3)8-6-13-14-9-12(10-19)5-7-15(14)21-18(13)17/h5-9,11H,4H2,1-3H3/t11-/m1/s1. The van der Waals surface area contributed by atoms with Crippen molar-refractivity contribution in [2.45, 2.75) is 26.2 Å². The van der Waals surface area contributed by atoms with E-state index in [4.69, 9.17) is 14.4 Å². The van der Waals surface area contributed by atoms with Crippen LogP contribution in [-0.2, 0) is 0 Å². The first-order valence-electron chi connectivity index (χ1n) is 7.12. The van der Waals surface area contributed by atoms with Crippen LogP contribution in [0.3, 0.4) is 0 Å². The molecule has 3 heteroatoms. The van der Waals surface area contributed by atoms with Gasteiger partial charge >= 0.3 is 0 Å². The van der Waals surface area contributed by atoms with Gasteiger partial charge in [-0.2, -0.15) is 5.26 Å². The summed E-state index contributed by atoms with van der Waals surface area (Å²) in [5.41, 5.74) is 3.42. The number of fused-ring (bicyclic) bond motifs is 3. The summed E-state index contributed by atoms with van der Waals surface area (Å²) in [5, 5.41) is 11.1. The number of nitrogens with zero attached hydrogens (tertiary/aromatic N) is 1. The Labute approximate surface area is 123 Å². The first-order valence-corrected chi connectivity index (χ1v) is 7.12. The first kappa shape index (κ1) is 13.5. The number of rotatable bonds is 3. The molecule has 2 aromatic carbocycles. The molecular formula is C18H17NO2. The van der Waals surface area contributed by atoms with Crippen molar-refractivity contribution in [3.63, 3.8) is 0 Å². The van der Waals surface area contributed by atoms with Crippen LogP contribution in [0.2, 0.25) is 0 Å². The average Bonchev–Trinajstić information content (AvgIpc) is 2.90. The van der Waals surface area contributed by atoms with Crippen LogP contribution in [0, 0.1) is 11.3 Å². The van der Waals surface area contributed by atoms with Crippen molar-refractivity contribution in [2.24, 2.45) is 0 Å². The summed E-state index contributed by atoms with van der Waals surface area (Å²) in [6.07, 6.45) is 1.01. The average molecular weight is 279 g/mol. The molecule has 3 nitrogen and oxygen atoms in total. The molecule has 0 radical (unpaired) electrons. The van der Waals surface area contributed by atoms with Crippen molar-refractivity contribution in [3.8, 4) is 11.8 Å². The zero-order valence-electron chi connectivity index (χ0n) is 12.4. The van der Waals surface area contributed by atoms with Gasteiger partial charge in [-0.05, 0) is 42.7 Å². The molecule has 1 heterocycles. The Bertz CT molecular complexity index is 855. The molecule has 0 spiro atoms. The topological polar surface area (TPSA) is 46.2 Å². The molecule has 3 aromatic rings. The second-order valence-corrected chi connectivity index (χ2v) is 5.29. The van der Waals surface area contributed by atoms with Gasteiger partial charge in [0.15, 0.2) is 0 Å². The number of methoxy groups -OCH3 is 1. The fourth-order valence-corrected chi connectivity index (χ4v) is 2.76. The van der Waals surface area contributed by atoms with E-state index in [0.717, 1.165) is 39.7 Å². The van der Waals surface area contributed by atoms with Gasteiger partial charge in [-0.15, -0.1) is 0 Å². The largest absolute Gasteiger partial charge is 0.496 e. The minimum Gasteiger partial charge on any atom is -0.496 e. The van der Waals surface area contributed by atoms with E-state index in [1.54, 1.807) is 13.2 Å². The molecule has 0 aliphatic heterocycles. The number of benzene rings is 2. The predicted octanol–water partition coefficient (Wildman–Crippen LogP) is 4.98. The van der Waals surface area contributed by atoms with Gasteiger partial charge in [0.25, 0.3) is 0 Å². The predicted molar refractivity (Wildman–Crippen MR) is 83.7 cm³/mol. The summed E-state index contributed by atoms with van der Waals surface area (Å²) in [6, 6.07) is 11.7. The molecule has 0 N–H and O–H groups in total. The Morgan fingerprint density at radius 2 is 2.05 bits per heavy atom. The van der Waals surface area contributed by atoms with Crippen LogP contribution in [-0.4, -0.2) is 7.11 Å². The highest BCUT2D eigenvalue weighted by Crippen LogP contribution is 2.40. The quantitative estimate of drug-likeness (QED) is 0.679. The van der Waals surface area contributed by atoms with Gasteiger partial charge in [0, 0.05) is 16.3 Å². The summed E-state index contributed by atoms with van der Waals surface area (Å²) < 4.78 is 11.6. The van der Waals surface area contributed by atoms with Gasteiger partial charge in [-0.3, -0.25) is 0 Å². The van der Waals surface area contributed by atoms with Gasteiger partial charge in [0.05, 0.1) is 18.7 Å². The van der Waals surface area contributed by atoms with E-state index < -0.39 is 0 Å². The maximum Gasteiger partial charge on any atom is 0.142 e. The molecule has 1 aromatic heterocycles. The lowest BCUT2D eigenvalue weighted by Gasteiger charge is -2.14.